The molecule has 1 aliphatic carbocycles. The van der Waals surface area contributed by atoms with Crippen LogP contribution in [0.1, 0.15) is 61.2 Å². The first-order chi connectivity index (χ1) is 17.8. The van der Waals surface area contributed by atoms with Crippen molar-refractivity contribution in [2.75, 3.05) is 25.7 Å². The number of amides is 1. The molecule has 2 aliphatic rings. The molecular weight excluding hydrogens is 481 g/mol. The van der Waals surface area contributed by atoms with Gasteiger partial charge in [0.15, 0.2) is 0 Å². The monoisotopic (exact) mass is 511 g/mol. The number of aliphatic carboxylic acids is 1. The van der Waals surface area contributed by atoms with Crippen molar-refractivity contribution < 1.29 is 33.7 Å². The predicted molar refractivity (Wildman–Crippen MR) is 133 cm³/mol. The summed E-state index contributed by atoms with van der Waals surface area (Å²) in [6.45, 7) is 0.519. The molecule has 1 saturated carbocycles. The molecule has 1 aromatic heterocycles. The van der Waals surface area contributed by atoms with Gasteiger partial charge in [-0.2, -0.15) is 0 Å². The SMILES string of the molecule is COC(=O)N1CCCc2c1ccc1c2nc([C@H](O)c2cc(F)ccc2OC)n1C1CCC[C@H](C(=O)O)C1. The van der Waals surface area contributed by atoms with E-state index in [1.807, 2.05) is 16.7 Å². The highest BCUT2D eigenvalue weighted by Gasteiger charge is 2.34. The van der Waals surface area contributed by atoms with Crippen LogP contribution in [0.5, 0.6) is 5.75 Å². The molecule has 3 aromatic rings. The highest BCUT2D eigenvalue weighted by Crippen LogP contribution is 2.42. The lowest BCUT2D eigenvalue weighted by Gasteiger charge is -2.31. The maximum Gasteiger partial charge on any atom is 0.414 e. The van der Waals surface area contributed by atoms with E-state index in [0.717, 1.165) is 23.9 Å². The minimum Gasteiger partial charge on any atom is -0.496 e. The Bertz CT molecular complexity index is 1360. The number of anilines is 1. The number of halogens is 1. The Kier molecular flexibility index (Phi) is 6.76. The Balaban J connectivity index is 1.71. The molecule has 5 rings (SSSR count). The number of aliphatic hydroxyl groups excluding tert-OH is 1. The molecule has 2 heterocycles. The van der Waals surface area contributed by atoms with Gasteiger partial charge in [-0.1, -0.05) is 6.42 Å². The molecular formula is C27H30FN3O6. The largest absolute Gasteiger partial charge is 0.496 e. The molecule has 1 amide bonds. The van der Waals surface area contributed by atoms with Gasteiger partial charge in [-0.05, 0) is 62.4 Å². The topological polar surface area (TPSA) is 114 Å². The number of ether oxygens (including phenoxy) is 2. The predicted octanol–water partition coefficient (Wildman–Crippen LogP) is 4.60. The zero-order valence-electron chi connectivity index (χ0n) is 20.8. The molecule has 0 bridgehead atoms. The van der Waals surface area contributed by atoms with E-state index in [-0.39, 0.29) is 11.6 Å². The van der Waals surface area contributed by atoms with Gasteiger partial charge in [0.05, 0.1) is 36.9 Å². The van der Waals surface area contributed by atoms with Gasteiger partial charge in [0.2, 0.25) is 0 Å². The van der Waals surface area contributed by atoms with Gasteiger partial charge in [-0.3, -0.25) is 9.69 Å². The molecule has 1 unspecified atom stereocenters. The van der Waals surface area contributed by atoms with Crippen LogP contribution in [-0.2, 0) is 16.0 Å². The maximum absolute atomic E-state index is 14.2. The first kappa shape index (κ1) is 25.0. The van der Waals surface area contributed by atoms with Crippen molar-refractivity contribution in [1.29, 1.82) is 0 Å². The van der Waals surface area contributed by atoms with E-state index in [4.69, 9.17) is 14.5 Å². The lowest BCUT2D eigenvalue weighted by atomic mass is 9.85. The highest BCUT2D eigenvalue weighted by atomic mass is 19.1. The minimum atomic E-state index is -1.32. The Morgan fingerprint density at radius 2 is 1.97 bits per heavy atom. The van der Waals surface area contributed by atoms with E-state index in [2.05, 4.69) is 0 Å². The van der Waals surface area contributed by atoms with Crippen molar-refractivity contribution in [3.8, 4) is 5.75 Å². The number of aryl methyl sites for hydroxylation is 1. The number of imidazole rings is 1. The molecule has 2 N–H and O–H groups in total. The quantitative estimate of drug-likeness (QED) is 0.515. The van der Waals surface area contributed by atoms with Gasteiger partial charge in [0, 0.05) is 23.7 Å². The standard InChI is InChI=1S/C27H30FN3O6/c1-36-22-11-8-16(28)14-19(22)24(32)25-29-23-18-7-4-12-30(27(35)37-2)20(18)9-10-21(23)31(25)17-6-3-5-15(13-17)26(33)34/h8-11,14-15,17,24,32H,3-7,12-13H2,1-2H3,(H,33,34)/t15-,17?,24+/m0/s1. The van der Waals surface area contributed by atoms with Gasteiger partial charge >= 0.3 is 12.1 Å². The summed E-state index contributed by atoms with van der Waals surface area (Å²) in [5, 5.41) is 21.3. The first-order valence-corrected chi connectivity index (χ1v) is 12.5. The molecule has 9 nitrogen and oxygen atoms in total. The molecule has 37 heavy (non-hydrogen) atoms. The molecule has 1 fully saturated rings. The van der Waals surface area contributed by atoms with Crippen LogP contribution in [-0.4, -0.2) is 52.6 Å². The van der Waals surface area contributed by atoms with Crippen LogP contribution in [0.15, 0.2) is 30.3 Å². The molecule has 0 radical (unpaired) electrons. The molecule has 0 saturated heterocycles. The second-order valence-corrected chi connectivity index (χ2v) is 9.64. The number of hydrogen-bond donors (Lipinski definition) is 2. The highest BCUT2D eigenvalue weighted by molar-refractivity contribution is 5.95. The second kappa shape index (κ2) is 10.0. The maximum atomic E-state index is 14.2. The average molecular weight is 512 g/mol. The summed E-state index contributed by atoms with van der Waals surface area (Å²) in [5.74, 6) is -1.25. The zero-order chi connectivity index (χ0) is 26.3. The van der Waals surface area contributed by atoms with E-state index in [1.54, 1.807) is 4.90 Å². The summed E-state index contributed by atoms with van der Waals surface area (Å²) in [6, 6.07) is 7.42. The lowest BCUT2D eigenvalue weighted by Crippen LogP contribution is -2.35. The van der Waals surface area contributed by atoms with Crippen LogP contribution < -0.4 is 9.64 Å². The first-order valence-electron chi connectivity index (χ1n) is 12.5. The van der Waals surface area contributed by atoms with Crippen molar-refractivity contribution in [2.45, 2.75) is 50.7 Å². The molecule has 0 spiro atoms. The van der Waals surface area contributed by atoms with Crippen molar-refractivity contribution in [2.24, 2.45) is 5.92 Å². The van der Waals surface area contributed by atoms with Crippen molar-refractivity contribution in [3.05, 3.63) is 53.1 Å². The number of nitrogens with zero attached hydrogens (tertiary/aromatic N) is 3. The third kappa shape index (κ3) is 4.39. The summed E-state index contributed by atoms with van der Waals surface area (Å²) in [7, 11) is 2.79. The summed E-state index contributed by atoms with van der Waals surface area (Å²) < 4.78 is 26.5. The smallest absolute Gasteiger partial charge is 0.414 e. The van der Waals surface area contributed by atoms with Gasteiger partial charge in [-0.25, -0.2) is 14.2 Å². The fraction of sp³-hybridized carbons (Fsp3) is 0.444. The second-order valence-electron chi connectivity index (χ2n) is 9.64. The number of benzene rings is 2. The van der Waals surface area contributed by atoms with Gasteiger partial charge < -0.3 is 24.3 Å². The number of carboxylic acid groups (broad SMARTS) is 1. The van der Waals surface area contributed by atoms with Crippen LogP contribution in [0.2, 0.25) is 0 Å². The average Bonchev–Trinajstić information content (AvgIpc) is 3.32. The fourth-order valence-corrected chi connectivity index (χ4v) is 5.82. The number of aliphatic hydroxyl groups is 1. The number of carboxylic acids is 1. The number of carbonyl (C=O) groups excluding carboxylic acids is 1. The van der Waals surface area contributed by atoms with E-state index in [0.29, 0.717) is 55.0 Å². The molecule has 10 heteroatoms. The number of aromatic nitrogens is 2. The number of carbonyl (C=O) groups is 2. The molecule has 1 aliphatic heterocycles. The van der Waals surface area contributed by atoms with E-state index >= 15 is 0 Å². The number of hydrogen-bond acceptors (Lipinski definition) is 6. The Morgan fingerprint density at radius 3 is 2.70 bits per heavy atom. The van der Waals surface area contributed by atoms with Crippen LogP contribution in [0.25, 0.3) is 11.0 Å². The third-order valence-electron chi connectivity index (χ3n) is 7.56. The minimum absolute atomic E-state index is 0.220. The zero-order valence-corrected chi connectivity index (χ0v) is 20.8. The van der Waals surface area contributed by atoms with Gasteiger partial charge in [0.25, 0.3) is 0 Å². The van der Waals surface area contributed by atoms with E-state index in [1.165, 1.54) is 32.4 Å². The van der Waals surface area contributed by atoms with Gasteiger partial charge in [-0.15, -0.1) is 0 Å². The fourth-order valence-electron chi connectivity index (χ4n) is 5.82. The van der Waals surface area contributed by atoms with Crippen LogP contribution in [0, 0.1) is 11.7 Å². The Morgan fingerprint density at radius 1 is 1.16 bits per heavy atom. The molecule has 3 atom stereocenters. The summed E-state index contributed by atoms with van der Waals surface area (Å²) in [6.07, 6.45) is 2.05. The number of methoxy groups -OCH3 is 2. The van der Waals surface area contributed by atoms with E-state index in [9.17, 15) is 24.2 Å². The van der Waals surface area contributed by atoms with Gasteiger partial charge in [0.1, 0.15) is 23.5 Å². The molecule has 2 aromatic carbocycles. The molecule has 196 valence electrons. The number of fused-ring (bicyclic) bond motifs is 3. The summed E-state index contributed by atoms with van der Waals surface area (Å²) in [5.41, 5.74) is 3.17. The van der Waals surface area contributed by atoms with Crippen LogP contribution >= 0.6 is 0 Å². The number of rotatable bonds is 5. The third-order valence-corrected chi connectivity index (χ3v) is 7.56. The normalized spacial score (nSPS) is 20.4. The van der Waals surface area contributed by atoms with Crippen molar-refractivity contribution in [3.63, 3.8) is 0 Å². The Hall–Kier alpha value is -3.66. The van der Waals surface area contributed by atoms with Crippen LogP contribution in [0.4, 0.5) is 14.9 Å². The van der Waals surface area contributed by atoms with Crippen LogP contribution in [0.3, 0.4) is 0 Å². The van der Waals surface area contributed by atoms with E-state index < -0.39 is 29.9 Å². The summed E-state index contributed by atoms with van der Waals surface area (Å²) in [4.78, 5) is 30.7. The summed E-state index contributed by atoms with van der Waals surface area (Å²) >= 11 is 0. The Labute approximate surface area is 213 Å². The lowest BCUT2D eigenvalue weighted by molar-refractivity contribution is -0.143. The van der Waals surface area contributed by atoms with Crippen molar-refractivity contribution in [1.82, 2.24) is 9.55 Å². The van der Waals surface area contributed by atoms with Crippen molar-refractivity contribution >= 4 is 28.8 Å².